The normalized spacial score (nSPS) is 11.8. The number of hydrogen-bond donors (Lipinski definition) is 0. The first-order valence-corrected chi connectivity index (χ1v) is 9.57. The second-order valence-electron chi connectivity index (χ2n) is 6.20. The van der Waals surface area contributed by atoms with Crippen molar-refractivity contribution in [3.8, 4) is 17.1 Å². The molecule has 0 aliphatic rings. The summed E-state index contributed by atoms with van der Waals surface area (Å²) in [4.78, 5) is 19.0. The predicted octanol–water partition coefficient (Wildman–Crippen LogP) is 4.60. The van der Waals surface area contributed by atoms with E-state index in [0.29, 0.717) is 35.5 Å². The summed E-state index contributed by atoms with van der Waals surface area (Å²) in [5, 5.41) is 4.64. The van der Waals surface area contributed by atoms with Gasteiger partial charge in [-0.3, -0.25) is 4.79 Å². The molecule has 28 heavy (non-hydrogen) atoms. The van der Waals surface area contributed by atoms with Gasteiger partial charge in [0.15, 0.2) is 6.10 Å². The topological polar surface area (TPSA) is 68.5 Å². The number of amides is 1. The van der Waals surface area contributed by atoms with Crippen LogP contribution in [-0.2, 0) is 11.3 Å². The average molecular weight is 400 g/mol. The second-order valence-corrected chi connectivity index (χ2v) is 6.64. The van der Waals surface area contributed by atoms with Gasteiger partial charge in [-0.05, 0) is 49.7 Å². The SMILES string of the molecule is CC[C@@H](Oc1ccccc1)C(=O)N(CC)Cc1nc(-c2ccc(Cl)cc2)no1. The molecule has 0 radical (unpaired) electrons. The standard InChI is InChI=1S/C21H22ClN3O3/c1-3-18(27-17-8-6-5-7-9-17)21(26)25(4-2)14-19-23-20(24-28-19)15-10-12-16(22)13-11-15/h5-13,18H,3-4,14H2,1-2H3/t18-/m1/s1. The molecule has 1 atom stereocenters. The zero-order chi connectivity index (χ0) is 19.9. The van der Waals surface area contributed by atoms with Crippen LogP contribution in [0.1, 0.15) is 26.2 Å². The Morgan fingerprint density at radius 3 is 2.50 bits per heavy atom. The number of carbonyl (C=O) groups is 1. The third-order valence-corrected chi connectivity index (χ3v) is 4.51. The molecule has 0 aliphatic heterocycles. The number of likely N-dealkylation sites (N-methyl/N-ethyl adjacent to an activating group) is 1. The maximum atomic E-state index is 12.9. The molecule has 0 aliphatic carbocycles. The number of para-hydroxylation sites is 1. The van der Waals surface area contributed by atoms with Gasteiger partial charge >= 0.3 is 0 Å². The minimum absolute atomic E-state index is 0.111. The van der Waals surface area contributed by atoms with Crippen LogP contribution in [-0.4, -0.2) is 33.6 Å². The molecule has 6 nitrogen and oxygen atoms in total. The molecule has 3 aromatic rings. The number of benzene rings is 2. The first kappa shape index (κ1) is 19.9. The van der Waals surface area contributed by atoms with E-state index < -0.39 is 6.10 Å². The summed E-state index contributed by atoms with van der Waals surface area (Å²) in [6.45, 7) is 4.56. The Balaban J connectivity index is 1.69. The fourth-order valence-corrected chi connectivity index (χ4v) is 2.85. The van der Waals surface area contributed by atoms with E-state index in [1.807, 2.05) is 56.3 Å². The van der Waals surface area contributed by atoms with Crippen molar-refractivity contribution in [2.45, 2.75) is 32.9 Å². The lowest BCUT2D eigenvalue weighted by atomic mass is 10.2. The Labute approximate surface area is 169 Å². The van der Waals surface area contributed by atoms with Crippen LogP contribution in [0.5, 0.6) is 5.75 Å². The molecule has 3 rings (SSSR count). The van der Waals surface area contributed by atoms with Gasteiger partial charge in [0.25, 0.3) is 5.91 Å². The van der Waals surface area contributed by atoms with Gasteiger partial charge in [-0.15, -0.1) is 0 Å². The highest BCUT2D eigenvalue weighted by molar-refractivity contribution is 6.30. The lowest BCUT2D eigenvalue weighted by Crippen LogP contribution is -2.41. The Morgan fingerprint density at radius 1 is 1.14 bits per heavy atom. The molecule has 0 saturated heterocycles. The van der Waals surface area contributed by atoms with Crippen molar-refractivity contribution in [3.05, 3.63) is 65.5 Å². The van der Waals surface area contributed by atoms with E-state index in [9.17, 15) is 4.79 Å². The molecule has 146 valence electrons. The third kappa shape index (κ3) is 4.89. The average Bonchev–Trinajstić information content (AvgIpc) is 3.19. The van der Waals surface area contributed by atoms with Crippen molar-refractivity contribution in [1.29, 1.82) is 0 Å². The van der Waals surface area contributed by atoms with Crippen molar-refractivity contribution in [1.82, 2.24) is 15.0 Å². The Hall–Kier alpha value is -2.86. The quantitative estimate of drug-likeness (QED) is 0.553. The van der Waals surface area contributed by atoms with Crippen LogP contribution in [0.25, 0.3) is 11.4 Å². The zero-order valence-corrected chi connectivity index (χ0v) is 16.6. The number of rotatable bonds is 8. The highest BCUT2D eigenvalue weighted by Gasteiger charge is 2.25. The molecule has 1 heterocycles. The van der Waals surface area contributed by atoms with Gasteiger partial charge in [0, 0.05) is 17.1 Å². The Kier molecular flexibility index (Phi) is 6.66. The predicted molar refractivity (Wildman–Crippen MR) is 107 cm³/mol. The summed E-state index contributed by atoms with van der Waals surface area (Å²) in [5.41, 5.74) is 0.799. The van der Waals surface area contributed by atoms with Crippen molar-refractivity contribution < 1.29 is 14.1 Å². The molecule has 0 saturated carbocycles. The lowest BCUT2D eigenvalue weighted by molar-refractivity contribution is -0.139. The number of aromatic nitrogens is 2. The highest BCUT2D eigenvalue weighted by Crippen LogP contribution is 2.20. The third-order valence-electron chi connectivity index (χ3n) is 4.26. The van der Waals surface area contributed by atoms with E-state index >= 15 is 0 Å². The second kappa shape index (κ2) is 9.37. The Bertz CT molecular complexity index is 897. The molecule has 7 heteroatoms. The van der Waals surface area contributed by atoms with Gasteiger partial charge < -0.3 is 14.2 Å². The maximum Gasteiger partial charge on any atom is 0.264 e. The summed E-state index contributed by atoms with van der Waals surface area (Å²) >= 11 is 5.91. The van der Waals surface area contributed by atoms with Gasteiger partial charge in [0.1, 0.15) is 12.3 Å². The van der Waals surface area contributed by atoms with E-state index in [2.05, 4.69) is 10.1 Å². The number of ether oxygens (including phenoxy) is 1. The van der Waals surface area contributed by atoms with E-state index in [1.54, 1.807) is 17.0 Å². The maximum absolute atomic E-state index is 12.9. The van der Waals surface area contributed by atoms with Gasteiger partial charge in [0.2, 0.25) is 11.7 Å². The summed E-state index contributed by atoms with van der Waals surface area (Å²) in [7, 11) is 0. The number of halogens is 1. The summed E-state index contributed by atoms with van der Waals surface area (Å²) in [6.07, 6.45) is -0.00890. The number of carbonyl (C=O) groups excluding carboxylic acids is 1. The molecule has 0 unspecified atom stereocenters. The fraction of sp³-hybridized carbons (Fsp3) is 0.286. The fourth-order valence-electron chi connectivity index (χ4n) is 2.72. The summed E-state index contributed by atoms with van der Waals surface area (Å²) < 4.78 is 11.2. The van der Waals surface area contributed by atoms with E-state index in [4.69, 9.17) is 20.9 Å². The van der Waals surface area contributed by atoms with E-state index in [1.165, 1.54) is 0 Å². The molecule has 1 amide bonds. The molecular weight excluding hydrogens is 378 g/mol. The first-order chi connectivity index (χ1) is 13.6. The van der Waals surface area contributed by atoms with E-state index in [-0.39, 0.29) is 12.5 Å². The van der Waals surface area contributed by atoms with Crippen LogP contribution in [0, 0.1) is 0 Å². The van der Waals surface area contributed by atoms with Crippen LogP contribution in [0.2, 0.25) is 5.02 Å². The molecule has 0 spiro atoms. The number of hydrogen-bond acceptors (Lipinski definition) is 5. The molecule has 1 aromatic heterocycles. The van der Waals surface area contributed by atoms with Gasteiger partial charge in [0.05, 0.1) is 0 Å². The highest BCUT2D eigenvalue weighted by atomic mass is 35.5. The molecule has 0 N–H and O–H groups in total. The van der Waals surface area contributed by atoms with Crippen molar-refractivity contribution in [2.24, 2.45) is 0 Å². The van der Waals surface area contributed by atoms with Crippen LogP contribution >= 0.6 is 11.6 Å². The van der Waals surface area contributed by atoms with Gasteiger partial charge in [-0.1, -0.05) is 41.9 Å². The van der Waals surface area contributed by atoms with Crippen LogP contribution in [0.15, 0.2) is 59.1 Å². The molecule has 0 bridgehead atoms. The van der Waals surface area contributed by atoms with E-state index in [0.717, 1.165) is 5.56 Å². The Morgan fingerprint density at radius 2 is 1.86 bits per heavy atom. The first-order valence-electron chi connectivity index (χ1n) is 9.19. The lowest BCUT2D eigenvalue weighted by Gasteiger charge is -2.25. The van der Waals surface area contributed by atoms with Gasteiger partial charge in [-0.25, -0.2) is 0 Å². The molecule has 0 fully saturated rings. The monoisotopic (exact) mass is 399 g/mol. The zero-order valence-electron chi connectivity index (χ0n) is 15.8. The van der Waals surface area contributed by atoms with Gasteiger partial charge in [-0.2, -0.15) is 4.98 Å². The van der Waals surface area contributed by atoms with Crippen molar-refractivity contribution >= 4 is 17.5 Å². The summed E-state index contributed by atoms with van der Waals surface area (Å²) in [6, 6.07) is 16.5. The van der Waals surface area contributed by atoms with Crippen molar-refractivity contribution in [3.63, 3.8) is 0 Å². The smallest absolute Gasteiger partial charge is 0.264 e. The largest absolute Gasteiger partial charge is 0.481 e. The minimum Gasteiger partial charge on any atom is -0.481 e. The molecule has 2 aromatic carbocycles. The van der Waals surface area contributed by atoms with Crippen LogP contribution < -0.4 is 4.74 Å². The van der Waals surface area contributed by atoms with Crippen LogP contribution in [0.3, 0.4) is 0 Å². The minimum atomic E-state index is -0.569. The van der Waals surface area contributed by atoms with Crippen molar-refractivity contribution in [2.75, 3.05) is 6.54 Å². The number of nitrogens with zero attached hydrogens (tertiary/aromatic N) is 3. The van der Waals surface area contributed by atoms with Crippen LogP contribution in [0.4, 0.5) is 0 Å². The molecular formula is C21H22ClN3O3. The summed E-state index contributed by atoms with van der Waals surface area (Å²) in [5.74, 6) is 1.39.